The third kappa shape index (κ3) is 3.26. The largest absolute Gasteiger partial charge is 0.410 e. The summed E-state index contributed by atoms with van der Waals surface area (Å²) in [4.78, 5) is 11.4. The van der Waals surface area contributed by atoms with Crippen molar-refractivity contribution in [2.24, 2.45) is 17.0 Å². The quantitative estimate of drug-likeness (QED) is 0.314. The van der Waals surface area contributed by atoms with E-state index in [-0.39, 0.29) is 17.7 Å². The molecular weight excluding hydrogens is 188 g/mol. The molecule has 0 aliphatic rings. The predicted octanol–water partition coefficient (Wildman–Crippen LogP) is 1.16. The van der Waals surface area contributed by atoms with Crippen molar-refractivity contribution in [1.82, 2.24) is 5.32 Å². The van der Waals surface area contributed by atoms with Crippen LogP contribution >= 0.6 is 11.8 Å². The van der Waals surface area contributed by atoms with Crippen LogP contribution in [0.25, 0.3) is 0 Å². The van der Waals surface area contributed by atoms with Crippen molar-refractivity contribution in [3.8, 4) is 0 Å². The van der Waals surface area contributed by atoms with Crippen LogP contribution in [0.2, 0.25) is 0 Å². The fraction of sp³-hybridized carbons (Fsp3) is 0.750. The minimum Gasteiger partial charge on any atom is -0.410 e. The Balaban J connectivity index is 4.69. The van der Waals surface area contributed by atoms with E-state index in [1.54, 1.807) is 13.3 Å². The van der Waals surface area contributed by atoms with Crippen LogP contribution in [0.15, 0.2) is 5.16 Å². The van der Waals surface area contributed by atoms with Crippen LogP contribution < -0.4 is 5.32 Å². The summed E-state index contributed by atoms with van der Waals surface area (Å²) >= 11 is 1.29. The molecule has 0 rings (SSSR count). The zero-order valence-electron chi connectivity index (χ0n) is 8.37. The topological polar surface area (TPSA) is 61.7 Å². The summed E-state index contributed by atoms with van der Waals surface area (Å²) in [5, 5.41) is 14.8. The molecule has 0 saturated heterocycles. The molecule has 0 aromatic carbocycles. The summed E-state index contributed by atoms with van der Waals surface area (Å²) in [7, 11) is 1.58. The maximum atomic E-state index is 11.4. The average Bonchev–Trinajstić information content (AvgIpc) is 2.12. The second-order valence-corrected chi connectivity index (χ2v) is 3.80. The van der Waals surface area contributed by atoms with Gasteiger partial charge >= 0.3 is 0 Å². The minimum atomic E-state index is -0.356. The Kier molecular flexibility index (Phi) is 5.53. The summed E-state index contributed by atoms with van der Waals surface area (Å²) in [6.07, 6.45) is 1.79. The van der Waals surface area contributed by atoms with E-state index >= 15 is 0 Å². The zero-order valence-corrected chi connectivity index (χ0v) is 9.18. The number of carbonyl (C=O) groups excluding carboxylic acids is 1. The average molecular weight is 204 g/mol. The molecule has 1 unspecified atom stereocenters. The summed E-state index contributed by atoms with van der Waals surface area (Å²) in [6, 6.07) is 0. The Hall–Kier alpha value is -0.710. The van der Waals surface area contributed by atoms with Crippen LogP contribution in [-0.2, 0) is 4.79 Å². The zero-order chi connectivity index (χ0) is 10.4. The molecule has 0 fully saturated rings. The predicted molar refractivity (Wildman–Crippen MR) is 55.1 cm³/mol. The molecular formula is C8H16N2O2S. The molecule has 76 valence electrons. The molecule has 0 saturated carbocycles. The highest BCUT2D eigenvalue weighted by Gasteiger charge is 2.26. The summed E-state index contributed by atoms with van der Waals surface area (Å²) in [5.41, 5.74) is 0. The maximum Gasteiger partial charge on any atom is 0.229 e. The molecule has 0 aromatic rings. The summed E-state index contributed by atoms with van der Waals surface area (Å²) < 4.78 is 0. The normalized spacial score (nSPS) is 14.4. The highest BCUT2D eigenvalue weighted by Crippen LogP contribution is 2.19. The van der Waals surface area contributed by atoms with Crippen molar-refractivity contribution >= 4 is 22.7 Å². The fourth-order valence-corrected chi connectivity index (χ4v) is 1.80. The van der Waals surface area contributed by atoms with Gasteiger partial charge in [-0.25, -0.2) is 0 Å². The lowest BCUT2D eigenvalue weighted by atomic mass is 9.96. The Bertz CT molecular complexity index is 204. The van der Waals surface area contributed by atoms with Gasteiger partial charge in [0.25, 0.3) is 0 Å². The van der Waals surface area contributed by atoms with Crippen LogP contribution in [0.5, 0.6) is 0 Å². The van der Waals surface area contributed by atoms with Gasteiger partial charge in [-0.3, -0.25) is 4.79 Å². The van der Waals surface area contributed by atoms with E-state index in [0.717, 1.165) is 0 Å². The van der Waals surface area contributed by atoms with Crippen LogP contribution in [-0.4, -0.2) is 29.5 Å². The minimum absolute atomic E-state index is 0.114. The molecule has 0 aromatic heterocycles. The van der Waals surface area contributed by atoms with Gasteiger partial charge in [0, 0.05) is 7.05 Å². The lowest BCUT2D eigenvalue weighted by Crippen LogP contribution is -2.35. The number of nitrogens with one attached hydrogen (secondary N) is 1. The smallest absolute Gasteiger partial charge is 0.229 e. The fourth-order valence-electron chi connectivity index (χ4n) is 1.09. The Labute approximate surface area is 82.8 Å². The molecule has 5 heteroatoms. The van der Waals surface area contributed by atoms with E-state index in [1.807, 2.05) is 13.8 Å². The van der Waals surface area contributed by atoms with Gasteiger partial charge in [-0.15, -0.1) is 11.8 Å². The number of carbonyl (C=O) groups is 1. The first-order valence-electron chi connectivity index (χ1n) is 4.06. The molecule has 0 aliphatic heterocycles. The SMILES string of the molecule is CNC(=O)C(/C(=N/O)SC)C(C)C. The molecule has 0 heterocycles. The van der Waals surface area contributed by atoms with E-state index in [4.69, 9.17) is 5.21 Å². The van der Waals surface area contributed by atoms with Gasteiger partial charge < -0.3 is 10.5 Å². The van der Waals surface area contributed by atoms with Gasteiger partial charge in [0.1, 0.15) is 5.04 Å². The number of nitrogens with zero attached hydrogens (tertiary/aromatic N) is 1. The monoisotopic (exact) mass is 204 g/mol. The van der Waals surface area contributed by atoms with E-state index < -0.39 is 0 Å². The van der Waals surface area contributed by atoms with Crippen LogP contribution in [0.4, 0.5) is 0 Å². The first-order chi connectivity index (χ1) is 6.08. The van der Waals surface area contributed by atoms with E-state index in [2.05, 4.69) is 10.5 Å². The summed E-state index contributed by atoms with van der Waals surface area (Å²) in [6.45, 7) is 3.84. The first kappa shape index (κ1) is 12.3. The van der Waals surface area contributed by atoms with Crippen LogP contribution in [0, 0.1) is 11.8 Å². The van der Waals surface area contributed by atoms with Crippen LogP contribution in [0.3, 0.4) is 0 Å². The van der Waals surface area contributed by atoms with Gasteiger partial charge in [0.15, 0.2) is 0 Å². The van der Waals surface area contributed by atoms with E-state index in [1.165, 1.54) is 11.8 Å². The lowest BCUT2D eigenvalue weighted by molar-refractivity contribution is -0.123. The van der Waals surface area contributed by atoms with Crippen molar-refractivity contribution in [3.63, 3.8) is 0 Å². The van der Waals surface area contributed by atoms with Gasteiger partial charge in [0.05, 0.1) is 5.92 Å². The highest BCUT2D eigenvalue weighted by molar-refractivity contribution is 8.13. The molecule has 2 N–H and O–H groups in total. The molecule has 4 nitrogen and oxygen atoms in total. The number of hydrogen-bond donors (Lipinski definition) is 2. The third-order valence-electron chi connectivity index (χ3n) is 1.77. The third-order valence-corrected chi connectivity index (χ3v) is 2.52. The standard InChI is InChI=1S/C8H16N2O2S/c1-5(2)6(7(11)9-3)8(10-12)13-4/h5-6,12H,1-4H3,(H,9,11)/b10-8-. The molecule has 0 spiro atoms. The van der Waals surface area contributed by atoms with Crippen molar-refractivity contribution in [3.05, 3.63) is 0 Å². The van der Waals surface area contributed by atoms with E-state index in [0.29, 0.717) is 5.04 Å². The van der Waals surface area contributed by atoms with Gasteiger partial charge in [-0.2, -0.15) is 0 Å². The first-order valence-corrected chi connectivity index (χ1v) is 5.28. The second kappa shape index (κ2) is 5.85. The van der Waals surface area contributed by atoms with Crippen LogP contribution in [0.1, 0.15) is 13.8 Å². The van der Waals surface area contributed by atoms with Gasteiger partial charge in [-0.05, 0) is 12.2 Å². The Morgan fingerprint density at radius 3 is 2.31 bits per heavy atom. The number of hydrogen-bond acceptors (Lipinski definition) is 4. The molecule has 13 heavy (non-hydrogen) atoms. The van der Waals surface area contributed by atoms with Crippen molar-refractivity contribution in [2.75, 3.05) is 13.3 Å². The molecule has 0 bridgehead atoms. The molecule has 1 amide bonds. The van der Waals surface area contributed by atoms with Crippen molar-refractivity contribution < 1.29 is 10.0 Å². The number of thioether (sulfide) groups is 1. The number of rotatable bonds is 3. The lowest BCUT2D eigenvalue weighted by Gasteiger charge is -2.18. The van der Waals surface area contributed by atoms with Gasteiger partial charge in [-0.1, -0.05) is 19.0 Å². The maximum absolute atomic E-state index is 11.4. The van der Waals surface area contributed by atoms with Crippen molar-refractivity contribution in [2.45, 2.75) is 13.8 Å². The van der Waals surface area contributed by atoms with E-state index in [9.17, 15) is 4.79 Å². The van der Waals surface area contributed by atoms with Gasteiger partial charge in [0.2, 0.25) is 5.91 Å². The highest BCUT2D eigenvalue weighted by atomic mass is 32.2. The Morgan fingerprint density at radius 2 is 2.08 bits per heavy atom. The molecule has 0 radical (unpaired) electrons. The molecule has 1 atom stereocenters. The number of amides is 1. The molecule has 0 aliphatic carbocycles. The second-order valence-electron chi connectivity index (χ2n) is 2.98. The summed E-state index contributed by atoms with van der Waals surface area (Å²) in [5.74, 6) is -0.347. The number of oxime groups is 1. The van der Waals surface area contributed by atoms with Crippen molar-refractivity contribution in [1.29, 1.82) is 0 Å². The Morgan fingerprint density at radius 1 is 1.54 bits per heavy atom.